The molecule has 0 spiro atoms. The Morgan fingerprint density at radius 3 is 2.58 bits per heavy atom. The van der Waals surface area contributed by atoms with Crippen LogP contribution in [0.15, 0.2) is 24.3 Å². The van der Waals surface area contributed by atoms with Gasteiger partial charge in [-0.25, -0.2) is 4.39 Å². The van der Waals surface area contributed by atoms with E-state index in [-0.39, 0.29) is 23.7 Å². The summed E-state index contributed by atoms with van der Waals surface area (Å²) in [6.45, 7) is 3.95. The van der Waals surface area contributed by atoms with Crippen LogP contribution in [0.1, 0.15) is 24.8 Å². The number of aliphatic hydroxyl groups excluding tert-OH is 1. The van der Waals surface area contributed by atoms with Gasteiger partial charge in [0.1, 0.15) is 5.82 Å². The third kappa shape index (κ3) is 4.12. The fraction of sp³-hybridized carbons (Fsp3) is 0.611. The molecule has 0 unspecified atom stereocenters. The van der Waals surface area contributed by atoms with E-state index >= 15 is 0 Å². The Kier molecular flexibility index (Phi) is 5.48. The van der Waals surface area contributed by atoms with Crippen LogP contribution in [0, 0.1) is 11.7 Å². The minimum atomic E-state index is -0.555. The van der Waals surface area contributed by atoms with E-state index in [1.54, 1.807) is 0 Å². The highest BCUT2D eigenvalue weighted by atomic mass is 19.1. The van der Waals surface area contributed by atoms with Crippen molar-refractivity contribution >= 4 is 5.91 Å². The van der Waals surface area contributed by atoms with Gasteiger partial charge in [-0.3, -0.25) is 9.69 Å². The molecule has 1 aliphatic heterocycles. The second-order valence-corrected chi connectivity index (χ2v) is 6.98. The van der Waals surface area contributed by atoms with Gasteiger partial charge in [0.2, 0.25) is 5.91 Å². The molecule has 3 N–H and O–H groups in total. The summed E-state index contributed by atoms with van der Waals surface area (Å²) in [4.78, 5) is 16.9. The number of hydrogen-bond acceptors (Lipinski definition) is 4. The number of benzene rings is 1. The summed E-state index contributed by atoms with van der Waals surface area (Å²) in [7, 11) is 0. The van der Waals surface area contributed by atoms with Gasteiger partial charge in [-0.2, -0.15) is 0 Å². The first kappa shape index (κ1) is 17.3. The zero-order valence-electron chi connectivity index (χ0n) is 13.9. The number of hydrogen-bond donors (Lipinski definition) is 2. The van der Waals surface area contributed by atoms with E-state index in [0.717, 1.165) is 38.2 Å². The van der Waals surface area contributed by atoms with Crippen LogP contribution >= 0.6 is 0 Å². The summed E-state index contributed by atoms with van der Waals surface area (Å²) in [5.41, 5.74) is 6.91. The molecule has 1 aromatic rings. The van der Waals surface area contributed by atoms with Crippen molar-refractivity contribution in [2.75, 3.05) is 26.2 Å². The van der Waals surface area contributed by atoms with Gasteiger partial charge in [0.25, 0.3) is 0 Å². The van der Waals surface area contributed by atoms with Crippen molar-refractivity contribution in [1.29, 1.82) is 0 Å². The predicted molar refractivity (Wildman–Crippen MR) is 89.6 cm³/mol. The Bertz CT molecular complexity index is 556. The summed E-state index contributed by atoms with van der Waals surface area (Å²) in [5, 5.41) is 9.77. The van der Waals surface area contributed by atoms with Gasteiger partial charge < -0.3 is 15.7 Å². The van der Waals surface area contributed by atoms with Crippen molar-refractivity contribution in [2.45, 2.75) is 38.0 Å². The third-order valence-electron chi connectivity index (χ3n) is 5.15. The number of carbonyl (C=O) groups excluding carboxylic acids is 1. The molecule has 1 aliphatic carbocycles. The highest BCUT2D eigenvalue weighted by Gasteiger charge is 2.37. The Hall–Kier alpha value is -1.50. The second kappa shape index (κ2) is 7.59. The van der Waals surface area contributed by atoms with E-state index in [0.29, 0.717) is 19.4 Å². The van der Waals surface area contributed by atoms with Crippen LogP contribution in [0.4, 0.5) is 4.39 Å². The highest BCUT2D eigenvalue weighted by molar-refractivity contribution is 5.79. The molecule has 5 nitrogen and oxygen atoms in total. The van der Waals surface area contributed by atoms with Crippen molar-refractivity contribution in [3.8, 4) is 0 Å². The van der Waals surface area contributed by atoms with Gasteiger partial charge in [-0.15, -0.1) is 0 Å². The van der Waals surface area contributed by atoms with Crippen LogP contribution < -0.4 is 5.73 Å². The van der Waals surface area contributed by atoms with E-state index in [1.807, 2.05) is 17.0 Å². The zero-order chi connectivity index (χ0) is 17.1. The molecule has 1 heterocycles. The predicted octanol–water partition coefficient (Wildman–Crippen LogP) is 0.958. The van der Waals surface area contributed by atoms with Gasteiger partial charge in [0, 0.05) is 44.7 Å². The van der Waals surface area contributed by atoms with Crippen molar-refractivity contribution in [3.05, 3.63) is 35.6 Å². The quantitative estimate of drug-likeness (QED) is 0.863. The first-order valence-electron chi connectivity index (χ1n) is 8.72. The zero-order valence-corrected chi connectivity index (χ0v) is 13.9. The van der Waals surface area contributed by atoms with E-state index in [1.165, 1.54) is 12.1 Å². The lowest BCUT2D eigenvalue weighted by molar-refractivity contribution is -0.135. The van der Waals surface area contributed by atoms with Gasteiger partial charge >= 0.3 is 0 Å². The minimum Gasteiger partial charge on any atom is -0.391 e. The standard InChI is InChI=1S/C18H26FN3O2/c19-15-4-2-13(3-5-15)12-21-6-1-7-22(9-8-21)18(24)14-10-16(20)17(23)11-14/h2-5,14,16-17,23H,1,6-12,20H2/t14-,16+,17+/m0/s1. The fourth-order valence-corrected chi connectivity index (χ4v) is 3.71. The molecule has 2 fully saturated rings. The normalized spacial score (nSPS) is 28.8. The Balaban J connectivity index is 1.53. The SMILES string of the molecule is N[C@@H]1C[C@H](C(=O)N2CCCN(Cc3ccc(F)cc3)CC2)C[C@H]1O. The van der Waals surface area contributed by atoms with Crippen LogP contribution in [-0.2, 0) is 11.3 Å². The van der Waals surface area contributed by atoms with Crippen LogP contribution in [-0.4, -0.2) is 59.1 Å². The number of halogens is 1. The molecule has 0 bridgehead atoms. The first-order chi connectivity index (χ1) is 11.5. The molecule has 0 aromatic heterocycles. The van der Waals surface area contributed by atoms with Crippen LogP contribution in [0.5, 0.6) is 0 Å². The Labute approximate surface area is 142 Å². The summed E-state index contributed by atoms with van der Waals surface area (Å²) in [6, 6.07) is 6.31. The molecule has 2 aliphatic rings. The summed E-state index contributed by atoms with van der Waals surface area (Å²) in [5.74, 6) is -0.229. The van der Waals surface area contributed by atoms with Crippen molar-refractivity contribution < 1.29 is 14.3 Å². The average Bonchev–Trinajstić information content (AvgIpc) is 2.77. The molecular weight excluding hydrogens is 309 g/mol. The average molecular weight is 335 g/mol. The molecule has 3 atom stereocenters. The summed E-state index contributed by atoms with van der Waals surface area (Å²) >= 11 is 0. The second-order valence-electron chi connectivity index (χ2n) is 6.98. The molecule has 3 rings (SSSR count). The van der Waals surface area contributed by atoms with Crippen molar-refractivity contribution in [1.82, 2.24) is 9.80 Å². The molecule has 0 radical (unpaired) electrons. The topological polar surface area (TPSA) is 69.8 Å². The van der Waals surface area contributed by atoms with Crippen LogP contribution in [0.3, 0.4) is 0 Å². The van der Waals surface area contributed by atoms with Crippen LogP contribution in [0.25, 0.3) is 0 Å². The largest absolute Gasteiger partial charge is 0.391 e. The van der Waals surface area contributed by atoms with Gasteiger partial charge in [-0.1, -0.05) is 12.1 Å². The summed E-state index contributed by atoms with van der Waals surface area (Å²) in [6.07, 6.45) is 1.43. The lowest BCUT2D eigenvalue weighted by Gasteiger charge is -2.24. The Morgan fingerprint density at radius 2 is 1.92 bits per heavy atom. The lowest BCUT2D eigenvalue weighted by atomic mass is 10.1. The monoisotopic (exact) mass is 335 g/mol. The van der Waals surface area contributed by atoms with Crippen LogP contribution in [0.2, 0.25) is 0 Å². The molecule has 24 heavy (non-hydrogen) atoms. The van der Waals surface area contributed by atoms with Crippen molar-refractivity contribution in [3.63, 3.8) is 0 Å². The van der Waals surface area contributed by atoms with Gasteiger partial charge in [0.15, 0.2) is 0 Å². The van der Waals surface area contributed by atoms with E-state index in [2.05, 4.69) is 4.90 Å². The molecule has 1 saturated heterocycles. The number of aliphatic hydroxyl groups is 1. The maximum Gasteiger partial charge on any atom is 0.225 e. The Morgan fingerprint density at radius 1 is 1.17 bits per heavy atom. The van der Waals surface area contributed by atoms with Gasteiger partial charge in [0.05, 0.1) is 6.10 Å². The first-order valence-corrected chi connectivity index (χ1v) is 8.72. The van der Waals surface area contributed by atoms with E-state index in [4.69, 9.17) is 5.73 Å². The molecular formula is C18H26FN3O2. The third-order valence-corrected chi connectivity index (χ3v) is 5.15. The number of nitrogens with zero attached hydrogens (tertiary/aromatic N) is 2. The number of nitrogens with two attached hydrogens (primary N) is 1. The molecule has 1 aromatic carbocycles. The molecule has 6 heteroatoms. The summed E-state index contributed by atoms with van der Waals surface area (Å²) < 4.78 is 13.0. The number of rotatable bonds is 3. The van der Waals surface area contributed by atoms with Crippen molar-refractivity contribution in [2.24, 2.45) is 11.7 Å². The molecule has 1 saturated carbocycles. The maximum absolute atomic E-state index is 13.0. The smallest absolute Gasteiger partial charge is 0.225 e. The molecule has 132 valence electrons. The molecule has 1 amide bonds. The number of carbonyl (C=O) groups is 1. The lowest BCUT2D eigenvalue weighted by Crippen LogP contribution is -2.38. The minimum absolute atomic E-state index is 0.130. The highest BCUT2D eigenvalue weighted by Crippen LogP contribution is 2.27. The van der Waals surface area contributed by atoms with E-state index < -0.39 is 6.10 Å². The number of amides is 1. The fourth-order valence-electron chi connectivity index (χ4n) is 3.71. The maximum atomic E-state index is 13.0. The van der Waals surface area contributed by atoms with Gasteiger partial charge in [-0.05, 0) is 37.0 Å². The van der Waals surface area contributed by atoms with E-state index in [9.17, 15) is 14.3 Å².